The molecule has 0 amide bonds. The number of aliphatic hydroxyl groups excluding tert-OH is 1. The van der Waals surface area contributed by atoms with Crippen molar-refractivity contribution in [2.24, 2.45) is 11.7 Å². The van der Waals surface area contributed by atoms with Crippen LogP contribution in [0, 0.1) is 5.92 Å². The first-order chi connectivity index (χ1) is 8.54. The van der Waals surface area contributed by atoms with Crippen LogP contribution in [0.25, 0.3) is 0 Å². The van der Waals surface area contributed by atoms with Gasteiger partial charge in [0, 0.05) is 24.8 Å². The number of nitrogens with zero attached hydrogens (tertiary/aromatic N) is 2. The molecule has 2 atom stereocenters. The normalized spacial score (nSPS) is 15.1. The van der Waals surface area contributed by atoms with Crippen molar-refractivity contribution < 1.29 is 5.11 Å². The summed E-state index contributed by atoms with van der Waals surface area (Å²) < 4.78 is 0. The quantitative estimate of drug-likeness (QED) is 0.765. The van der Waals surface area contributed by atoms with Gasteiger partial charge in [0.05, 0.1) is 12.3 Å². The lowest BCUT2D eigenvalue weighted by Gasteiger charge is -2.31. The summed E-state index contributed by atoms with van der Waals surface area (Å²) in [4.78, 5) is 6.37. The van der Waals surface area contributed by atoms with Gasteiger partial charge in [-0.3, -0.25) is 9.88 Å². The van der Waals surface area contributed by atoms with Gasteiger partial charge in [-0.2, -0.15) is 0 Å². The van der Waals surface area contributed by atoms with Crippen molar-refractivity contribution in [2.75, 3.05) is 13.7 Å². The molecule has 0 spiro atoms. The monoisotopic (exact) mass is 251 g/mol. The minimum absolute atomic E-state index is 0.0105. The molecular weight excluding hydrogens is 226 g/mol. The molecule has 0 fully saturated rings. The molecule has 0 aromatic carbocycles. The first kappa shape index (κ1) is 15.1. The molecule has 3 N–H and O–H groups in total. The van der Waals surface area contributed by atoms with Crippen LogP contribution in [-0.2, 0) is 6.54 Å². The van der Waals surface area contributed by atoms with Crippen molar-refractivity contribution >= 4 is 0 Å². The zero-order chi connectivity index (χ0) is 13.5. The Morgan fingerprint density at radius 2 is 2.11 bits per heavy atom. The van der Waals surface area contributed by atoms with Crippen LogP contribution in [0.4, 0.5) is 0 Å². The van der Waals surface area contributed by atoms with E-state index >= 15 is 0 Å². The number of aromatic nitrogens is 1. The first-order valence-corrected chi connectivity index (χ1v) is 6.51. The standard InChI is InChI=1S/C14H25N3O/c1-11(2)8-13(15)14(10-18)17(3)9-12-6-4-5-7-16-12/h4-7,11,13-14,18H,8-10,15H2,1-3H3. The third-order valence-electron chi connectivity index (χ3n) is 3.13. The van der Waals surface area contributed by atoms with Crippen LogP contribution >= 0.6 is 0 Å². The van der Waals surface area contributed by atoms with Crippen LogP contribution < -0.4 is 5.73 Å². The summed E-state index contributed by atoms with van der Waals surface area (Å²) in [6.45, 7) is 5.08. The Morgan fingerprint density at radius 1 is 1.39 bits per heavy atom. The van der Waals surface area contributed by atoms with E-state index in [2.05, 4.69) is 23.7 Å². The summed E-state index contributed by atoms with van der Waals surface area (Å²) in [7, 11) is 1.98. The molecule has 0 aliphatic heterocycles. The van der Waals surface area contributed by atoms with Gasteiger partial charge in [0.15, 0.2) is 0 Å². The van der Waals surface area contributed by atoms with E-state index in [0.29, 0.717) is 12.5 Å². The van der Waals surface area contributed by atoms with Crippen molar-refractivity contribution in [1.29, 1.82) is 0 Å². The fourth-order valence-corrected chi connectivity index (χ4v) is 2.17. The highest BCUT2D eigenvalue weighted by molar-refractivity contribution is 5.03. The highest BCUT2D eigenvalue weighted by Gasteiger charge is 2.22. The van der Waals surface area contributed by atoms with Crippen molar-refractivity contribution in [1.82, 2.24) is 9.88 Å². The van der Waals surface area contributed by atoms with Crippen LogP contribution in [0.5, 0.6) is 0 Å². The summed E-state index contributed by atoms with van der Waals surface area (Å²) >= 11 is 0. The second-order valence-electron chi connectivity index (χ2n) is 5.28. The molecule has 0 bridgehead atoms. The molecule has 102 valence electrons. The summed E-state index contributed by atoms with van der Waals surface area (Å²) in [5.74, 6) is 0.539. The second-order valence-corrected chi connectivity index (χ2v) is 5.28. The topological polar surface area (TPSA) is 62.4 Å². The maximum Gasteiger partial charge on any atom is 0.0601 e. The third kappa shape index (κ3) is 4.72. The number of hydrogen-bond acceptors (Lipinski definition) is 4. The second kappa shape index (κ2) is 7.46. The first-order valence-electron chi connectivity index (χ1n) is 6.51. The summed E-state index contributed by atoms with van der Waals surface area (Å²) in [5.41, 5.74) is 7.16. The number of pyridine rings is 1. The van der Waals surface area contributed by atoms with E-state index in [-0.39, 0.29) is 18.7 Å². The molecule has 1 aromatic rings. The van der Waals surface area contributed by atoms with E-state index in [9.17, 15) is 5.11 Å². The summed E-state index contributed by atoms with van der Waals surface area (Å²) in [6, 6.07) is 5.83. The Kier molecular flexibility index (Phi) is 6.25. The molecule has 4 nitrogen and oxygen atoms in total. The van der Waals surface area contributed by atoms with Gasteiger partial charge in [-0.25, -0.2) is 0 Å². The smallest absolute Gasteiger partial charge is 0.0601 e. The molecule has 0 saturated carbocycles. The van der Waals surface area contributed by atoms with E-state index in [1.165, 1.54) is 0 Å². The van der Waals surface area contributed by atoms with E-state index in [0.717, 1.165) is 12.1 Å². The minimum Gasteiger partial charge on any atom is -0.395 e. The van der Waals surface area contributed by atoms with Crippen molar-refractivity contribution in [3.05, 3.63) is 30.1 Å². The van der Waals surface area contributed by atoms with Gasteiger partial charge in [-0.15, -0.1) is 0 Å². The van der Waals surface area contributed by atoms with Crippen LogP contribution in [-0.4, -0.2) is 40.7 Å². The van der Waals surface area contributed by atoms with E-state index in [1.807, 2.05) is 25.2 Å². The lowest BCUT2D eigenvalue weighted by molar-refractivity contribution is 0.114. The molecule has 1 aromatic heterocycles. The Bertz CT molecular complexity index is 329. The largest absolute Gasteiger partial charge is 0.395 e. The van der Waals surface area contributed by atoms with Gasteiger partial charge < -0.3 is 10.8 Å². The minimum atomic E-state index is -0.0191. The third-order valence-corrected chi connectivity index (χ3v) is 3.13. The van der Waals surface area contributed by atoms with Crippen LogP contribution in [0.1, 0.15) is 26.0 Å². The van der Waals surface area contributed by atoms with Crippen LogP contribution in [0.2, 0.25) is 0 Å². The lowest BCUT2D eigenvalue weighted by Crippen LogP contribution is -2.48. The zero-order valence-corrected chi connectivity index (χ0v) is 11.6. The van der Waals surface area contributed by atoms with Crippen molar-refractivity contribution in [3.63, 3.8) is 0 Å². The van der Waals surface area contributed by atoms with Gasteiger partial charge in [-0.1, -0.05) is 19.9 Å². The molecule has 0 aliphatic rings. The summed E-state index contributed by atoms with van der Waals surface area (Å²) in [5, 5.41) is 9.52. The van der Waals surface area contributed by atoms with Gasteiger partial charge in [0.2, 0.25) is 0 Å². The summed E-state index contributed by atoms with van der Waals surface area (Å²) in [6.07, 6.45) is 2.70. The highest BCUT2D eigenvalue weighted by Crippen LogP contribution is 2.12. The maximum absolute atomic E-state index is 9.52. The van der Waals surface area contributed by atoms with Crippen LogP contribution in [0.3, 0.4) is 0 Å². The predicted octanol–water partition coefficient (Wildman–Crippen LogP) is 1.25. The number of likely N-dealkylation sites (N-methyl/N-ethyl adjacent to an activating group) is 1. The average Bonchev–Trinajstić information content (AvgIpc) is 2.30. The molecule has 1 heterocycles. The van der Waals surface area contributed by atoms with Gasteiger partial charge in [-0.05, 0) is 31.5 Å². The fraction of sp³-hybridized carbons (Fsp3) is 0.643. The predicted molar refractivity (Wildman–Crippen MR) is 74.0 cm³/mol. The Morgan fingerprint density at radius 3 is 2.61 bits per heavy atom. The number of nitrogens with two attached hydrogens (primary N) is 1. The van der Waals surface area contributed by atoms with Gasteiger partial charge in [0.1, 0.15) is 0 Å². The molecule has 2 unspecified atom stereocenters. The lowest BCUT2D eigenvalue weighted by atomic mass is 9.97. The fourth-order valence-electron chi connectivity index (χ4n) is 2.17. The van der Waals surface area contributed by atoms with Crippen molar-refractivity contribution in [2.45, 2.75) is 38.9 Å². The number of aliphatic hydroxyl groups is 1. The Labute approximate surface area is 110 Å². The number of rotatable bonds is 7. The molecule has 0 saturated heterocycles. The van der Waals surface area contributed by atoms with E-state index in [4.69, 9.17) is 5.73 Å². The molecular formula is C14H25N3O. The van der Waals surface area contributed by atoms with E-state index in [1.54, 1.807) is 6.20 Å². The molecule has 4 heteroatoms. The van der Waals surface area contributed by atoms with Gasteiger partial charge in [0.25, 0.3) is 0 Å². The highest BCUT2D eigenvalue weighted by atomic mass is 16.3. The number of hydrogen-bond donors (Lipinski definition) is 2. The maximum atomic E-state index is 9.52. The molecule has 1 rings (SSSR count). The SMILES string of the molecule is CC(C)CC(N)C(CO)N(C)Cc1ccccn1. The van der Waals surface area contributed by atoms with Crippen LogP contribution in [0.15, 0.2) is 24.4 Å². The van der Waals surface area contributed by atoms with E-state index < -0.39 is 0 Å². The zero-order valence-electron chi connectivity index (χ0n) is 11.6. The molecule has 0 aliphatic carbocycles. The molecule has 18 heavy (non-hydrogen) atoms. The molecule has 0 radical (unpaired) electrons. The average molecular weight is 251 g/mol. The Hall–Kier alpha value is -0.970. The Balaban J connectivity index is 2.59. The van der Waals surface area contributed by atoms with Gasteiger partial charge >= 0.3 is 0 Å². The van der Waals surface area contributed by atoms with Crippen molar-refractivity contribution in [3.8, 4) is 0 Å².